The summed E-state index contributed by atoms with van der Waals surface area (Å²) in [6.07, 6.45) is 2.97. The van der Waals surface area contributed by atoms with Gasteiger partial charge in [0.05, 0.1) is 18.3 Å². The van der Waals surface area contributed by atoms with Crippen LogP contribution in [0.5, 0.6) is 0 Å². The van der Waals surface area contributed by atoms with Crippen LogP contribution in [-0.2, 0) is 11.8 Å². The lowest BCUT2D eigenvalue weighted by atomic mass is 10.2. The molecule has 1 atom stereocenters. The molecule has 0 saturated carbocycles. The van der Waals surface area contributed by atoms with Crippen molar-refractivity contribution >= 4 is 5.91 Å². The van der Waals surface area contributed by atoms with Crippen molar-refractivity contribution in [3.05, 3.63) is 40.3 Å². The summed E-state index contributed by atoms with van der Waals surface area (Å²) in [5.41, 5.74) is 0.565. The zero-order valence-electron chi connectivity index (χ0n) is 10.6. The first kappa shape index (κ1) is 13.1. The van der Waals surface area contributed by atoms with E-state index < -0.39 is 5.69 Å². The van der Waals surface area contributed by atoms with E-state index in [1.165, 1.54) is 6.20 Å². The number of ether oxygens (including phenoxy) is 1. The number of methoxy groups -OCH3 is 1. The number of rotatable bonds is 5. The quantitative estimate of drug-likeness (QED) is 0.681. The minimum absolute atomic E-state index is 0.174. The molecular weight excluding hydrogens is 250 g/mol. The Labute approximate surface area is 108 Å². The second-order valence-electron chi connectivity index (χ2n) is 4.02. The number of aromatic amines is 2. The van der Waals surface area contributed by atoms with Crippen LogP contribution in [0.4, 0.5) is 0 Å². The molecule has 3 N–H and O–H groups in total. The Morgan fingerprint density at radius 3 is 2.95 bits per heavy atom. The van der Waals surface area contributed by atoms with Crippen LogP contribution in [0.25, 0.3) is 0 Å². The first-order valence-electron chi connectivity index (χ1n) is 5.67. The highest BCUT2D eigenvalue weighted by atomic mass is 16.5. The molecule has 2 aromatic heterocycles. The third kappa shape index (κ3) is 2.91. The molecule has 0 aliphatic heterocycles. The summed E-state index contributed by atoms with van der Waals surface area (Å²) < 4.78 is 6.75. The van der Waals surface area contributed by atoms with Crippen molar-refractivity contribution in [3.8, 4) is 0 Å². The fourth-order valence-electron chi connectivity index (χ4n) is 1.78. The average Bonchev–Trinajstić information content (AvgIpc) is 2.97. The molecule has 0 radical (unpaired) electrons. The molecule has 2 aromatic rings. The molecule has 0 bridgehead atoms. The molecule has 19 heavy (non-hydrogen) atoms. The van der Waals surface area contributed by atoms with Crippen molar-refractivity contribution in [1.82, 2.24) is 25.1 Å². The lowest BCUT2D eigenvalue weighted by molar-refractivity contribution is 0.0887. The summed E-state index contributed by atoms with van der Waals surface area (Å²) in [5, 5.41) is 6.83. The van der Waals surface area contributed by atoms with Crippen LogP contribution in [0, 0.1) is 0 Å². The van der Waals surface area contributed by atoms with Crippen LogP contribution in [0.3, 0.4) is 0 Å². The van der Waals surface area contributed by atoms with Gasteiger partial charge in [-0.3, -0.25) is 9.48 Å². The number of H-pyrrole nitrogens is 2. The van der Waals surface area contributed by atoms with Crippen molar-refractivity contribution in [2.45, 2.75) is 6.04 Å². The number of hydrogen-bond donors (Lipinski definition) is 3. The molecular formula is C11H15N5O3. The van der Waals surface area contributed by atoms with E-state index in [4.69, 9.17) is 4.74 Å². The Balaban J connectivity index is 2.15. The predicted octanol–water partition coefficient (Wildman–Crippen LogP) is -0.446. The van der Waals surface area contributed by atoms with E-state index >= 15 is 0 Å². The molecule has 0 aliphatic carbocycles. The van der Waals surface area contributed by atoms with Gasteiger partial charge in [0, 0.05) is 26.6 Å². The molecule has 8 nitrogen and oxygen atoms in total. The number of imidazole rings is 1. The van der Waals surface area contributed by atoms with Gasteiger partial charge in [-0.2, -0.15) is 5.10 Å². The van der Waals surface area contributed by atoms with Gasteiger partial charge < -0.3 is 20.0 Å². The zero-order chi connectivity index (χ0) is 13.8. The zero-order valence-corrected chi connectivity index (χ0v) is 10.6. The largest absolute Gasteiger partial charge is 0.382 e. The number of aromatic nitrogens is 4. The Hall–Kier alpha value is -2.35. The molecule has 0 spiro atoms. The van der Waals surface area contributed by atoms with Gasteiger partial charge in [-0.15, -0.1) is 0 Å². The maximum atomic E-state index is 12.0. The monoisotopic (exact) mass is 265 g/mol. The Morgan fingerprint density at radius 1 is 1.63 bits per heavy atom. The number of hydrogen-bond acceptors (Lipinski definition) is 4. The van der Waals surface area contributed by atoms with Gasteiger partial charge in [0.1, 0.15) is 5.69 Å². The number of nitrogens with zero attached hydrogens (tertiary/aromatic N) is 2. The van der Waals surface area contributed by atoms with Crippen LogP contribution in [-0.4, -0.2) is 39.4 Å². The average molecular weight is 265 g/mol. The summed E-state index contributed by atoms with van der Waals surface area (Å²) in [6.45, 7) is 0.305. The van der Waals surface area contributed by atoms with Gasteiger partial charge in [-0.1, -0.05) is 0 Å². The normalized spacial score (nSPS) is 12.3. The SMILES string of the molecule is COC[C@H](NC(=O)c1c[nH]c(=O)[nH]1)c1ccnn1C. The third-order valence-corrected chi connectivity index (χ3v) is 2.69. The first-order chi connectivity index (χ1) is 9.11. The maximum Gasteiger partial charge on any atom is 0.323 e. The summed E-state index contributed by atoms with van der Waals surface area (Å²) in [5.74, 6) is -0.387. The molecule has 0 saturated heterocycles. The van der Waals surface area contributed by atoms with E-state index in [-0.39, 0.29) is 17.6 Å². The van der Waals surface area contributed by atoms with Gasteiger partial charge in [0.25, 0.3) is 5.91 Å². The molecule has 102 valence electrons. The van der Waals surface area contributed by atoms with Gasteiger partial charge >= 0.3 is 5.69 Å². The first-order valence-corrected chi connectivity index (χ1v) is 5.67. The third-order valence-electron chi connectivity index (χ3n) is 2.69. The van der Waals surface area contributed by atoms with Crippen LogP contribution in [0.15, 0.2) is 23.3 Å². The topological polar surface area (TPSA) is 105 Å². The summed E-state index contributed by atoms with van der Waals surface area (Å²) in [6, 6.07) is 1.45. The van der Waals surface area contributed by atoms with Crippen molar-refractivity contribution < 1.29 is 9.53 Å². The number of carbonyl (C=O) groups excluding carboxylic acids is 1. The molecule has 2 rings (SSSR count). The van der Waals surface area contributed by atoms with E-state index in [9.17, 15) is 9.59 Å². The highest BCUT2D eigenvalue weighted by molar-refractivity contribution is 5.92. The van der Waals surface area contributed by atoms with E-state index in [2.05, 4.69) is 20.4 Å². The van der Waals surface area contributed by atoms with Crippen molar-refractivity contribution in [3.63, 3.8) is 0 Å². The molecule has 0 fully saturated rings. The van der Waals surface area contributed by atoms with E-state index in [1.807, 2.05) is 0 Å². The molecule has 1 amide bonds. The number of amides is 1. The number of aryl methyl sites for hydroxylation is 1. The molecule has 8 heteroatoms. The standard InChI is InChI=1S/C11H15N5O3/c1-16-9(3-4-13-16)8(6-19-2)14-10(17)7-5-12-11(18)15-7/h3-5,8H,6H2,1-2H3,(H,14,17)(H2,12,15,18)/t8-/m0/s1. The Kier molecular flexibility index (Phi) is 3.81. The molecule has 0 aliphatic rings. The smallest absolute Gasteiger partial charge is 0.323 e. The summed E-state index contributed by atoms with van der Waals surface area (Å²) in [4.78, 5) is 27.7. The van der Waals surface area contributed by atoms with Gasteiger partial charge in [-0.25, -0.2) is 4.79 Å². The lowest BCUT2D eigenvalue weighted by Crippen LogP contribution is -2.33. The van der Waals surface area contributed by atoms with Crippen molar-refractivity contribution in [1.29, 1.82) is 0 Å². The minimum Gasteiger partial charge on any atom is -0.382 e. The van der Waals surface area contributed by atoms with Gasteiger partial charge in [0.2, 0.25) is 0 Å². The van der Waals surface area contributed by atoms with E-state index in [0.717, 1.165) is 5.69 Å². The van der Waals surface area contributed by atoms with Gasteiger partial charge in [0.15, 0.2) is 0 Å². The highest BCUT2D eigenvalue weighted by Gasteiger charge is 2.19. The molecule has 0 unspecified atom stereocenters. The maximum absolute atomic E-state index is 12.0. The van der Waals surface area contributed by atoms with Crippen LogP contribution in [0.2, 0.25) is 0 Å². The van der Waals surface area contributed by atoms with Crippen LogP contribution in [0.1, 0.15) is 22.2 Å². The number of nitrogens with one attached hydrogen (secondary N) is 3. The van der Waals surface area contributed by atoms with Crippen molar-refractivity contribution in [2.24, 2.45) is 7.05 Å². The molecule has 2 heterocycles. The van der Waals surface area contributed by atoms with Gasteiger partial charge in [-0.05, 0) is 6.07 Å². The van der Waals surface area contributed by atoms with E-state index in [1.54, 1.807) is 31.1 Å². The molecule has 0 aromatic carbocycles. The van der Waals surface area contributed by atoms with E-state index in [0.29, 0.717) is 6.61 Å². The van der Waals surface area contributed by atoms with Crippen LogP contribution >= 0.6 is 0 Å². The fourth-order valence-corrected chi connectivity index (χ4v) is 1.78. The number of carbonyl (C=O) groups is 1. The summed E-state index contributed by atoms with van der Waals surface area (Å²) >= 11 is 0. The highest BCUT2D eigenvalue weighted by Crippen LogP contribution is 2.12. The van der Waals surface area contributed by atoms with Crippen molar-refractivity contribution in [2.75, 3.05) is 13.7 Å². The second-order valence-corrected chi connectivity index (χ2v) is 4.02. The Bertz CT molecular complexity index is 612. The lowest BCUT2D eigenvalue weighted by Gasteiger charge is -2.17. The Morgan fingerprint density at radius 2 is 2.42 bits per heavy atom. The predicted molar refractivity (Wildman–Crippen MR) is 66.7 cm³/mol. The fraction of sp³-hybridized carbons (Fsp3) is 0.364. The van der Waals surface area contributed by atoms with Crippen LogP contribution < -0.4 is 11.0 Å². The second kappa shape index (κ2) is 5.53. The minimum atomic E-state index is -0.422. The summed E-state index contributed by atoms with van der Waals surface area (Å²) in [7, 11) is 3.33.